The molecule has 184 valence electrons. The summed E-state index contributed by atoms with van der Waals surface area (Å²) in [5, 5.41) is 34.4. The molecule has 10 heteroatoms. The van der Waals surface area contributed by atoms with E-state index < -0.39 is 29.7 Å². The van der Waals surface area contributed by atoms with E-state index in [0.717, 1.165) is 0 Å². The van der Waals surface area contributed by atoms with Crippen molar-refractivity contribution in [3.63, 3.8) is 0 Å². The Morgan fingerprint density at radius 1 is 1.06 bits per heavy atom. The minimum absolute atomic E-state index is 0.0307. The number of ether oxygens (including phenoxy) is 6. The molecule has 2 aromatic rings. The summed E-state index contributed by atoms with van der Waals surface area (Å²) in [5.74, 6) is -0.867. The molecule has 0 spiro atoms. The smallest absolute Gasteiger partial charge is 0.303 e. The van der Waals surface area contributed by atoms with Crippen molar-refractivity contribution in [1.82, 2.24) is 0 Å². The molecule has 0 saturated heterocycles. The second-order valence-electron chi connectivity index (χ2n) is 8.48. The summed E-state index contributed by atoms with van der Waals surface area (Å²) in [5.41, 5.74) is -0.794. The molecule has 4 unspecified atom stereocenters. The van der Waals surface area contributed by atoms with Crippen LogP contribution in [0.25, 0.3) is 11.1 Å². The number of aliphatic hydroxyl groups is 2. The number of phenols is 1. The number of aromatic hydroxyl groups is 1. The van der Waals surface area contributed by atoms with Gasteiger partial charge in [-0.25, -0.2) is 0 Å². The van der Waals surface area contributed by atoms with Crippen LogP contribution >= 0.6 is 0 Å². The van der Waals surface area contributed by atoms with Crippen molar-refractivity contribution in [2.24, 2.45) is 5.92 Å². The molecule has 34 heavy (non-hydrogen) atoms. The molecule has 2 aromatic carbocycles. The monoisotopic (exact) mass is 476 g/mol. The molecule has 0 amide bonds. The first-order valence-corrected chi connectivity index (χ1v) is 10.6. The molecule has 3 N–H and O–H groups in total. The van der Waals surface area contributed by atoms with E-state index >= 15 is 0 Å². The van der Waals surface area contributed by atoms with E-state index in [-0.39, 0.29) is 52.2 Å². The fourth-order valence-electron chi connectivity index (χ4n) is 4.67. The number of carbonyl (C=O) groups excluding carboxylic acids is 1. The molecule has 0 saturated carbocycles. The Labute approximate surface area is 196 Å². The number of esters is 1. The lowest BCUT2D eigenvalue weighted by molar-refractivity contribution is -0.176. The van der Waals surface area contributed by atoms with Gasteiger partial charge in [-0.05, 0) is 24.6 Å². The Hall–Kier alpha value is -3.37. The van der Waals surface area contributed by atoms with Crippen LogP contribution in [0.2, 0.25) is 0 Å². The number of aliphatic hydroxyl groups excluding tert-OH is 1. The van der Waals surface area contributed by atoms with Crippen LogP contribution in [0.3, 0.4) is 0 Å². The Morgan fingerprint density at radius 2 is 1.74 bits per heavy atom. The molecular weight excluding hydrogens is 448 g/mol. The molecular formula is C24H28O10. The lowest BCUT2D eigenvalue weighted by atomic mass is 9.71. The van der Waals surface area contributed by atoms with Crippen LogP contribution in [0, 0.1) is 5.92 Å². The van der Waals surface area contributed by atoms with Crippen LogP contribution in [0.15, 0.2) is 12.1 Å². The molecule has 1 aliphatic heterocycles. The van der Waals surface area contributed by atoms with Gasteiger partial charge in [-0.3, -0.25) is 4.79 Å². The van der Waals surface area contributed by atoms with Crippen molar-refractivity contribution in [1.29, 1.82) is 0 Å². The van der Waals surface area contributed by atoms with E-state index in [4.69, 9.17) is 28.4 Å². The quantitative estimate of drug-likeness (QED) is 0.566. The number of hydrogen-bond donors (Lipinski definition) is 3. The summed E-state index contributed by atoms with van der Waals surface area (Å²) in [6, 6.07) is 3.11. The van der Waals surface area contributed by atoms with Gasteiger partial charge in [0.25, 0.3) is 0 Å². The van der Waals surface area contributed by atoms with Gasteiger partial charge in [0.1, 0.15) is 5.60 Å². The predicted octanol–water partition coefficient (Wildman–Crippen LogP) is 2.85. The summed E-state index contributed by atoms with van der Waals surface area (Å²) in [4.78, 5) is 12.1. The zero-order valence-corrected chi connectivity index (χ0v) is 19.8. The third kappa shape index (κ3) is 3.36. The van der Waals surface area contributed by atoms with Crippen molar-refractivity contribution >= 4 is 5.97 Å². The fraction of sp³-hybridized carbons (Fsp3) is 0.458. The lowest BCUT2D eigenvalue weighted by Crippen LogP contribution is -2.45. The second kappa shape index (κ2) is 8.44. The van der Waals surface area contributed by atoms with E-state index in [1.807, 2.05) is 0 Å². The predicted molar refractivity (Wildman–Crippen MR) is 119 cm³/mol. The zero-order chi connectivity index (χ0) is 24.9. The van der Waals surface area contributed by atoms with E-state index in [1.54, 1.807) is 13.0 Å². The van der Waals surface area contributed by atoms with Crippen molar-refractivity contribution in [2.75, 3.05) is 28.1 Å². The van der Waals surface area contributed by atoms with Crippen LogP contribution in [-0.4, -0.2) is 55.0 Å². The Morgan fingerprint density at radius 3 is 2.32 bits per heavy atom. The number of methoxy groups -OCH3 is 3. The standard InChI is InChI=1S/C24H28O10/c1-10-18(26)12-7-14(29-4)20(30-5)19(27)16(12)17-13(23(24(10,3)28)34-11(2)25)8-15-21(22(17)31-6)33-9-32-15/h7-8,10,18,23,26-28H,9H2,1-6H3. The Kier molecular flexibility index (Phi) is 5.91. The molecule has 1 heterocycles. The van der Waals surface area contributed by atoms with Crippen LogP contribution in [0.4, 0.5) is 0 Å². The molecule has 0 radical (unpaired) electrons. The van der Waals surface area contributed by atoms with Gasteiger partial charge in [0, 0.05) is 29.5 Å². The van der Waals surface area contributed by atoms with Crippen molar-refractivity contribution in [3.8, 4) is 45.6 Å². The van der Waals surface area contributed by atoms with Crippen LogP contribution in [0.1, 0.15) is 44.1 Å². The number of benzene rings is 2. The minimum atomic E-state index is -1.75. The highest BCUT2D eigenvalue weighted by atomic mass is 16.7. The van der Waals surface area contributed by atoms with Gasteiger partial charge in [-0.1, -0.05) is 6.92 Å². The SMILES string of the molecule is COc1cc2c(c(O)c1OC)-c1c(cc3c(c1OC)OCO3)C(OC(C)=O)C(C)(O)C(C)C2O. The normalized spacial score (nSPS) is 24.9. The third-order valence-electron chi connectivity index (χ3n) is 6.59. The summed E-state index contributed by atoms with van der Waals surface area (Å²) < 4.78 is 33.3. The molecule has 0 aromatic heterocycles. The Bertz CT molecular complexity index is 1140. The highest BCUT2D eigenvalue weighted by molar-refractivity contribution is 5.89. The molecule has 2 aliphatic rings. The van der Waals surface area contributed by atoms with E-state index in [0.29, 0.717) is 11.3 Å². The van der Waals surface area contributed by atoms with Crippen LogP contribution in [-0.2, 0) is 9.53 Å². The number of rotatable bonds is 4. The first kappa shape index (κ1) is 23.8. The topological polar surface area (TPSA) is 133 Å². The maximum atomic E-state index is 12.1. The molecule has 10 nitrogen and oxygen atoms in total. The van der Waals surface area contributed by atoms with Crippen molar-refractivity contribution in [3.05, 3.63) is 23.3 Å². The van der Waals surface area contributed by atoms with Gasteiger partial charge >= 0.3 is 5.97 Å². The van der Waals surface area contributed by atoms with Crippen molar-refractivity contribution in [2.45, 2.75) is 38.6 Å². The first-order valence-electron chi connectivity index (χ1n) is 10.6. The van der Waals surface area contributed by atoms with E-state index in [1.165, 1.54) is 41.2 Å². The van der Waals surface area contributed by atoms with E-state index in [9.17, 15) is 20.1 Å². The van der Waals surface area contributed by atoms with Gasteiger partial charge < -0.3 is 43.7 Å². The molecule has 0 fully saturated rings. The Balaban J connectivity index is 2.22. The summed E-state index contributed by atoms with van der Waals surface area (Å²) in [7, 11) is 4.18. The fourth-order valence-corrected chi connectivity index (χ4v) is 4.67. The molecule has 4 rings (SSSR count). The highest BCUT2D eigenvalue weighted by Crippen LogP contribution is 2.60. The highest BCUT2D eigenvalue weighted by Gasteiger charge is 2.49. The maximum absolute atomic E-state index is 12.1. The third-order valence-corrected chi connectivity index (χ3v) is 6.59. The largest absolute Gasteiger partial charge is 0.504 e. The average molecular weight is 476 g/mol. The number of fused-ring (bicyclic) bond motifs is 4. The van der Waals surface area contributed by atoms with Gasteiger partial charge in [-0.2, -0.15) is 0 Å². The van der Waals surface area contributed by atoms with Gasteiger partial charge in [0.15, 0.2) is 29.1 Å². The molecule has 4 atom stereocenters. The lowest BCUT2D eigenvalue weighted by Gasteiger charge is -2.42. The first-order chi connectivity index (χ1) is 16.1. The number of hydrogen-bond acceptors (Lipinski definition) is 10. The summed E-state index contributed by atoms with van der Waals surface area (Å²) in [6.07, 6.45) is -2.56. The minimum Gasteiger partial charge on any atom is -0.504 e. The molecule has 1 aliphatic carbocycles. The number of phenolic OH excluding ortho intramolecular Hbond substituents is 1. The average Bonchev–Trinajstić information content (AvgIpc) is 3.27. The summed E-state index contributed by atoms with van der Waals surface area (Å²) >= 11 is 0. The van der Waals surface area contributed by atoms with Crippen LogP contribution < -0.4 is 23.7 Å². The van der Waals surface area contributed by atoms with Gasteiger partial charge in [0.05, 0.1) is 27.4 Å². The second-order valence-corrected chi connectivity index (χ2v) is 8.48. The van der Waals surface area contributed by atoms with Crippen LogP contribution in [0.5, 0.6) is 34.5 Å². The number of carbonyl (C=O) groups is 1. The zero-order valence-electron chi connectivity index (χ0n) is 19.8. The summed E-state index contributed by atoms with van der Waals surface area (Å²) in [6.45, 7) is 4.24. The molecule has 0 bridgehead atoms. The van der Waals surface area contributed by atoms with E-state index in [2.05, 4.69) is 0 Å². The van der Waals surface area contributed by atoms with Gasteiger partial charge in [-0.15, -0.1) is 0 Å². The maximum Gasteiger partial charge on any atom is 0.303 e. The van der Waals surface area contributed by atoms with Crippen molar-refractivity contribution < 1.29 is 48.5 Å². The van der Waals surface area contributed by atoms with Gasteiger partial charge in [0.2, 0.25) is 18.3 Å².